The molecule has 0 bridgehead atoms. The average Bonchev–Trinajstić information content (AvgIpc) is 2.74. The molecule has 7 nitrogen and oxygen atoms in total. The van der Waals surface area contributed by atoms with Crippen molar-refractivity contribution in [1.29, 1.82) is 0 Å². The van der Waals surface area contributed by atoms with Crippen molar-refractivity contribution in [2.45, 2.75) is 12.3 Å². The Balaban J connectivity index is 1.32. The number of carbonyl (C=O) groups is 2. The van der Waals surface area contributed by atoms with Crippen LogP contribution in [0.25, 0.3) is 0 Å². The van der Waals surface area contributed by atoms with E-state index in [9.17, 15) is 22.8 Å². The molecule has 0 spiro atoms. The number of fused-ring (bicyclic) bond motifs is 1. The minimum absolute atomic E-state index is 0.0992. The van der Waals surface area contributed by atoms with Gasteiger partial charge in [0.25, 0.3) is 5.91 Å². The molecular formula is C20H20F3N3O4. The summed E-state index contributed by atoms with van der Waals surface area (Å²) < 4.78 is 48.9. The lowest BCUT2D eigenvalue weighted by Gasteiger charge is -2.26. The predicted octanol–water partition coefficient (Wildman–Crippen LogP) is 2.57. The Labute approximate surface area is 170 Å². The summed E-state index contributed by atoms with van der Waals surface area (Å²) in [6, 6.07) is 10.7. The summed E-state index contributed by atoms with van der Waals surface area (Å²) >= 11 is 0. The number of benzene rings is 2. The van der Waals surface area contributed by atoms with Crippen molar-refractivity contribution < 1.29 is 32.2 Å². The Morgan fingerprint density at radius 1 is 0.933 bits per heavy atom. The number of ether oxygens (including phenoxy) is 2. The van der Waals surface area contributed by atoms with E-state index in [4.69, 9.17) is 9.47 Å². The van der Waals surface area contributed by atoms with Gasteiger partial charge in [0.1, 0.15) is 6.61 Å². The summed E-state index contributed by atoms with van der Waals surface area (Å²) in [5.41, 5.74) is -0.726. The van der Waals surface area contributed by atoms with Crippen LogP contribution in [-0.4, -0.2) is 44.3 Å². The molecule has 0 aliphatic carbocycles. The first-order valence-corrected chi connectivity index (χ1v) is 9.18. The maximum atomic E-state index is 12.5. The van der Waals surface area contributed by atoms with Crippen molar-refractivity contribution >= 4 is 11.9 Å². The number of hydrogen-bond donors (Lipinski definition) is 3. The molecule has 0 saturated heterocycles. The van der Waals surface area contributed by atoms with Crippen molar-refractivity contribution in [2.75, 3.05) is 26.2 Å². The van der Waals surface area contributed by atoms with E-state index in [1.165, 1.54) is 0 Å². The van der Waals surface area contributed by atoms with Crippen molar-refractivity contribution in [2.24, 2.45) is 0 Å². The molecule has 30 heavy (non-hydrogen) atoms. The summed E-state index contributed by atoms with van der Waals surface area (Å²) in [4.78, 5) is 23.8. The summed E-state index contributed by atoms with van der Waals surface area (Å²) in [7, 11) is 0. The summed E-state index contributed by atoms with van der Waals surface area (Å²) in [5.74, 6) is 0.737. The van der Waals surface area contributed by atoms with Gasteiger partial charge in [-0.05, 0) is 36.4 Å². The van der Waals surface area contributed by atoms with Gasteiger partial charge in [0.05, 0.1) is 12.1 Å². The van der Waals surface area contributed by atoms with Gasteiger partial charge in [-0.3, -0.25) is 4.79 Å². The van der Waals surface area contributed by atoms with E-state index in [-0.39, 0.29) is 31.3 Å². The lowest BCUT2D eigenvalue weighted by atomic mass is 10.1. The van der Waals surface area contributed by atoms with Gasteiger partial charge in [-0.2, -0.15) is 13.2 Å². The Kier molecular flexibility index (Phi) is 6.65. The fourth-order valence-corrected chi connectivity index (χ4v) is 2.70. The van der Waals surface area contributed by atoms with E-state index in [0.29, 0.717) is 18.1 Å². The topological polar surface area (TPSA) is 88.7 Å². The van der Waals surface area contributed by atoms with Gasteiger partial charge in [0, 0.05) is 18.7 Å². The number of halogens is 3. The van der Waals surface area contributed by atoms with Gasteiger partial charge in [0.2, 0.25) is 0 Å². The third-order valence-electron chi connectivity index (χ3n) is 4.23. The second-order valence-electron chi connectivity index (χ2n) is 6.47. The molecule has 0 fully saturated rings. The second-order valence-corrected chi connectivity index (χ2v) is 6.47. The summed E-state index contributed by atoms with van der Waals surface area (Å²) in [6.07, 6.45) is -4.78. The Bertz CT molecular complexity index is 888. The zero-order chi connectivity index (χ0) is 21.6. The molecule has 0 radical (unpaired) electrons. The zero-order valence-corrected chi connectivity index (χ0v) is 15.8. The van der Waals surface area contributed by atoms with Crippen molar-refractivity contribution in [3.05, 3.63) is 59.7 Å². The molecule has 3 amide bonds. The quantitative estimate of drug-likeness (QED) is 0.624. The standard InChI is InChI=1S/C20H20F3N3O4/c21-20(22,23)14-7-5-13(6-8-14)18(27)24-9-10-25-19(28)26-11-15-12-29-16-3-1-2-4-17(16)30-15/h1-8,15H,9-12H2,(H,24,27)(H2,25,26,28)/t15-/m0/s1. The van der Waals surface area contributed by atoms with E-state index in [1.54, 1.807) is 12.1 Å². The molecule has 0 aromatic heterocycles. The fourth-order valence-electron chi connectivity index (χ4n) is 2.70. The molecule has 1 atom stereocenters. The maximum absolute atomic E-state index is 12.5. The van der Waals surface area contributed by atoms with E-state index in [2.05, 4.69) is 16.0 Å². The highest BCUT2D eigenvalue weighted by Gasteiger charge is 2.30. The van der Waals surface area contributed by atoms with Crippen LogP contribution in [0.2, 0.25) is 0 Å². The van der Waals surface area contributed by atoms with E-state index >= 15 is 0 Å². The first kappa shape index (κ1) is 21.3. The molecule has 3 N–H and O–H groups in total. The summed E-state index contributed by atoms with van der Waals surface area (Å²) in [6.45, 7) is 0.797. The number of urea groups is 1. The number of carbonyl (C=O) groups excluding carboxylic acids is 2. The molecule has 2 aromatic carbocycles. The minimum Gasteiger partial charge on any atom is -0.486 e. The van der Waals surface area contributed by atoms with Crippen molar-refractivity contribution in [3.8, 4) is 11.5 Å². The van der Waals surface area contributed by atoms with Crippen LogP contribution in [0, 0.1) is 0 Å². The van der Waals surface area contributed by atoms with Crippen LogP contribution in [-0.2, 0) is 6.18 Å². The van der Waals surface area contributed by atoms with Crippen LogP contribution < -0.4 is 25.4 Å². The van der Waals surface area contributed by atoms with Crippen LogP contribution in [0.4, 0.5) is 18.0 Å². The van der Waals surface area contributed by atoms with Crippen LogP contribution in [0.1, 0.15) is 15.9 Å². The zero-order valence-electron chi connectivity index (χ0n) is 15.8. The van der Waals surface area contributed by atoms with Crippen molar-refractivity contribution in [3.63, 3.8) is 0 Å². The monoisotopic (exact) mass is 423 g/mol. The molecule has 10 heteroatoms. The predicted molar refractivity (Wildman–Crippen MR) is 102 cm³/mol. The lowest BCUT2D eigenvalue weighted by Crippen LogP contribution is -2.46. The molecule has 0 saturated carbocycles. The van der Waals surface area contributed by atoms with Gasteiger partial charge in [0.15, 0.2) is 17.6 Å². The van der Waals surface area contributed by atoms with Crippen LogP contribution in [0.3, 0.4) is 0 Å². The number of para-hydroxylation sites is 2. The van der Waals surface area contributed by atoms with Crippen LogP contribution >= 0.6 is 0 Å². The Morgan fingerprint density at radius 3 is 2.30 bits per heavy atom. The fraction of sp³-hybridized carbons (Fsp3) is 0.300. The van der Waals surface area contributed by atoms with Gasteiger partial charge in [-0.1, -0.05) is 12.1 Å². The molecule has 1 aliphatic heterocycles. The van der Waals surface area contributed by atoms with Gasteiger partial charge in [-0.15, -0.1) is 0 Å². The molecule has 160 valence electrons. The maximum Gasteiger partial charge on any atom is 0.416 e. The van der Waals surface area contributed by atoms with Crippen LogP contribution in [0.5, 0.6) is 11.5 Å². The number of alkyl halides is 3. The number of rotatable bonds is 6. The number of hydrogen-bond acceptors (Lipinski definition) is 4. The van der Waals surface area contributed by atoms with E-state index in [0.717, 1.165) is 24.3 Å². The highest BCUT2D eigenvalue weighted by molar-refractivity contribution is 5.94. The first-order chi connectivity index (χ1) is 14.3. The normalized spacial score (nSPS) is 15.2. The SMILES string of the molecule is O=C(NCCNC(=O)c1ccc(C(F)(F)F)cc1)NC[C@H]1COc2ccccc2O1. The van der Waals surface area contributed by atoms with E-state index < -0.39 is 23.7 Å². The first-order valence-electron chi connectivity index (χ1n) is 9.18. The Morgan fingerprint density at radius 2 is 1.60 bits per heavy atom. The third kappa shape index (κ3) is 5.79. The largest absolute Gasteiger partial charge is 0.486 e. The van der Waals surface area contributed by atoms with Gasteiger partial charge >= 0.3 is 12.2 Å². The summed E-state index contributed by atoms with van der Waals surface area (Å²) in [5, 5.41) is 7.74. The molecular weight excluding hydrogens is 403 g/mol. The lowest BCUT2D eigenvalue weighted by molar-refractivity contribution is -0.137. The van der Waals surface area contributed by atoms with Crippen LogP contribution in [0.15, 0.2) is 48.5 Å². The third-order valence-corrected chi connectivity index (χ3v) is 4.23. The number of amides is 3. The second kappa shape index (κ2) is 9.38. The molecule has 2 aromatic rings. The number of nitrogens with one attached hydrogen (secondary N) is 3. The molecule has 1 aliphatic rings. The minimum atomic E-state index is -4.45. The molecule has 1 heterocycles. The highest BCUT2D eigenvalue weighted by Crippen LogP contribution is 2.30. The highest BCUT2D eigenvalue weighted by atomic mass is 19.4. The van der Waals surface area contributed by atoms with E-state index in [1.807, 2.05) is 12.1 Å². The molecule has 0 unspecified atom stereocenters. The molecule has 3 rings (SSSR count). The van der Waals surface area contributed by atoms with Crippen molar-refractivity contribution in [1.82, 2.24) is 16.0 Å². The van der Waals surface area contributed by atoms with Gasteiger partial charge < -0.3 is 25.4 Å². The smallest absolute Gasteiger partial charge is 0.416 e. The Hall–Kier alpha value is -3.43. The van der Waals surface area contributed by atoms with Gasteiger partial charge in [-0.25, -0.2) is 4.79 Å². The average molecular weight is 423 g/mol.